The van der Waals surface area contributed by atoms with Crippen LogP contribution in [0.15, 0.2) is 24.3 Å². The number of amides is 1. The Morgan fingerprint density at radius 1 is 1.27 bits per heavy atom. The van der Waals surface area contributed by atoms with E-state index < -0.39 is 0 Å². The molecule has 3 heterocycles. The van der Waals surface area contributed by atoms with Gasteiger partial charge in [0.15, 0.2) is 5.69 Å². The second kappa shape index (κ2) is 7.00. The molecular formula is C20H28N4O2. The van der Waals surface area contributed by atoms with Crippen molar-refractivity contribution in [3.05, 3.63) is 30.0 Å². The summed E-state index contributed by atoms with van der Waals surface area (Å²) in [6.07, 6.45) is 2.15. The highest BCUT2D eigenvalue weighted by atomic mass is 16.5. The van der Waals surface area contributed by atoms with Crippen LogP contribution in [0, 0.1) is 5.41 Å². The Morgan fingerprint density at radius 3 is 2.96 bits per heavy atom. The summed E-state index contributed by atoms with van der Waals surface area (Å²) >= 11 is 0. The summed E-state index contributed by atoms with van der Waals surface area (Å²) in [6.45, 7) is 8.32. The quantitative estimate of drug-likeness (QED) is 0.827. The fourth-order valence-electron chi connectivity index (χ4n) is 4.50. The zero-order chi connectivity index (χ0) is 18.1. The van der Waals surface area contributed by atoms with Crippen molar-refractivity contribution in [1.29, 1.82) is 0 Å². The minimum absolute atomic E-state index is 0.0466. The van der Waals surface area contributed by atoms with Crippen LogP contribution in [0.5, 0.6) is 0 Å². The van der Waals surface area contributed by atoms with Crippen LogP contribution in [-0.2, 0) is 11.8 Å². The van der Waals surface area contributed by atoms with Crippen LogP contribution in [0.3, 0.4) is 0 Å². The van der Waals surface area contributed by atoms with E-state index in [0.29, 0.717) is 5.69 Å². The molecule has 2 aromatic rings. The third-order valence-corrected chi connectivity index (χ3v) is 5.88. The molecule has 1 aromatic carbocycles. The summed E-state index contributed by atoms with van der Waals surface area (Å²) in [4.78, 5) is 17.7. The predicted molar refractivity (Wildman–Crippen MR) is 101 cm³/mol. The highest BCUT2D eigenvalue weighted by Crippen LogP contribution is 2.34. The Morgan fingerprint density at radius 2 is 2.12 bits per heavy atom. The number of carbonyl (C=O) groups is 1. The average molecular weight is 356 g/mol. The molecule has 2 fully saturated rings. The van der Waals surface area contributed by atoms with Gasteiger partial charge in [0.1, 0.15) is 0 Å². The highest BCUT2D eigenvalue weighted by Gasteiger charge is 2.40. The standard InChI is InChI=1S/C20H28N4O2/c1-3-23-11-12-26-15-20(13-23)9-6-10-24(14-20)19(25)18-16-7-4-5-8-17(16)22(2)21-18/h4-5,7-8H,3,6,9-15H2,1-2H3/t20-/m0/s1. The van der Waals surface area contributed by atoms with Gasteiger partial charge in [-0.3, -0.25) is 9.48 Å². The van der Waals surface area contributed by atoms with Gasteiger partial charge in [-0.15, -0.1) is 0 Å². The summed E-state index contributed by atoms with van der Waals surface area (Å²) in [5, 5.41) is 5.47. The molecule has 0 unspecified atom stereocenters. The molecule has 6 nitrogen and oxygen atoms in total. The molecule has 1 aromatic heterocycles. The predicted octanol–water partition coefficient (Wildman–Crippen LogP) is 2.15. The van der Waals surface area contributed by atoms with Crippen LogP contribution in [0.25, 0.3) is 10.9 Å². The van der Waals surface area contributed by atoms with Gasteiger partial charge in [-0.2, -0.15) is 5.10 Å². The molecule has 0 aliphatic carbocycles. The van der Waals surface area contributed by atoms with Crippen LogP contribution in [-0.4, -0.2) is 71.4 Å². The van der Waals surface area contributed by atoms with Crippen LogP contribution in [0.2, 0.25) is 0 Å². The Bertz CT molecular complexity index is 802. The van der Waals surface area contributed by atoms with Crippen LogP contribution >= 0.6 is 0 Å². The van der Waals surface area contributed by atoms with E-state index in [1.54, 1.807) is 4.68 Å². The third-order valence-electron chi connectivity index (χ3n) is 5.88. The van der Waals surface area contributed by atoms with Gasteiger partial charge in [0, 0.05) is 44.0 Å². The maximum atomic E-state index is 13.3. The molecule has 2 aliphatic heterocycles. The van der Waals surface area contributed by atoms with Crippen LogP contribution in [0.1, 0.15) is 30.3 Å². The number of nitrogens with zero attached hydrogens (tertiary/aromatic N) is 4. The van der Waals surface area contributed by atoms with E-state index in [9.17, 15) is 4.79 Å². The van der Waals surface area contributed by atoms with Gasteiger partial charge in [0.05, 0.1) is 18.7 Å². The summed E-state index contributed by atoms with van der Waals surface area (Å²) in [6, 6.07) is 7.95. The maximum Gasteiger partial charge on any atom is 0.275 e. The Hall–Kier alpha value is -1.92. The second-order valence-electron chi connectivity index (χ2n) is 7.74. The van der Waals surface area contributed by atoms with Gasteiger partial charge in [0.25, 0.3) is 5.91 Å². The van der Waals surface area contributed by atoms with Crippen molar-refractivity contribution in [2.24, 2.45) is 12.5 Å². The molecule has 140 valence electrons. The number of fused-ring (bicyclic) bond motifs is 1. The molecule has 0 bridgehead atoms. The van der Waals surface area contributed by atoms with E-state index in [2.05, 4.69) is 16.9 Å². The van der Waals surface area contributed by atoms with E-state index in [1.165, 1.54) is 0 Å². The van der Waals surface area contributed by atoms with Crippen molar-refractivity contribution in [1.82, 2.24) is 19.6 Å². The summed E-state index contributed by atoms with van der Waals surface area (Å²) in [5.41, 5.74) is 1.62. The van der Waals surface area contributed by atoms with Gasteiger partial charge in [-0.25, -0.2) is 0 Å². The Kier molecular flexibility index (Phi) is 4.71. The molecule has 2 aliphatic rings. The number of likely N-dealkylation sites (N-methyl/N-ethyl adjacent to an activating group) is 1. The normalized spacial score (nSPS) is 24.9. The minimum atomic E-state index is 0.0466. The van der Waals surface area contributed by atoms with Crippen molar-refractivity contribution >= 4 is 16.8 Å². The number of ether oxygens (including phenoxy) is 1. The van der Waals surface area contributed by atoms with Crippen LogP contribution in [0.4, 0.5) is 0 Å². The van der Waals surface area contributed by atoms with Crippen molar-refractivity contribution in [3.8, 4) is 0 Å². The minimum Gasteiger partial charge on any atom is -0.379 e. The van der Waals surface area contributed by atoms with Gasteiger partial charge in [-0.05, 0) is 25.5 Å². The maximum absolute atomic E-state index is 13.3. The molecule has 6 heteroatoms. The lowest BCUT2D eigenvalue weighted by molar-refractivity contribution is 0.00748. The summed E-state index contributed by atoms with van der Waals surface area (Å²) in [5.74, 6) is 0.0492. The number of para-hydroxylation sites is 1. The SMILES string of the molecule is CCN1CCOC[C@@]2(CCCN(C(=O)c3nn(C)c4ccccc34)C2)C1. The molecule has 0 N–H and O–H groups in total. The van der Waals surface area contributed by atoms with E-state index in [4.69, 9.17) is 4.74 Å². The van der Waals surface area contributed by atoms with E-state index in [-0.39, 0.29) is 11.3 Å². The van der Waals surface area contributed by atoms with Gasteiger partial charge < -0.3 is 14.5 Å². The first-order chi connectivity index (χ1) is 12.6. The first-order valence-electron chi connectivity index (χ1n) is 9.63. The molecular weight excluding hydrogens is 328 g/mol. The molecule has 0 radical (unpaired) electrons. The molecule has 1 spiro atoms. The molecule has 0 saturated carbocycles. The topological polar surface area (TPSA) is 50.6 Å². The van der Waals surface area contributed by atoms with E-state index >= 15 is 0 Å². The molecule has 1 atom stereocenters. The van der Waals surface area contributed by atoms with E-state index in [0.717, 1.165) is 69.7 Å². The van der Waals surface area contributed by atoms with Crippen LogP contribution < -0.4 is 0 Å². The lowest BCUT2D eigenvalue weighted by Crippen LogP contribution is -2.52. The van der Waals surface area contributed by atoms with Crippen molar-refractivity contribution in [3.63, 3.8) is 0 Å². The average Bonchev–Trinajstić information content (AvgIpc) is 2.87. The zero-order valence-corrected chi connectivity index (χ0v) is 15.8. The number of aryl methyl sites for hydroxylation is 1. The number of aromatic nitrogens is 2. The highest BCUT2D eigenvalue weighted by molar-refractivity contribution is 6.04. The van der Waals surface area contributed by atoms with Gasteiger partial charge >= 0.3 is 0 Å². The second-order valence-corrected chi connectivity index (χ2v) is 7.74. The van der Waals surface area contributed by atoms with Gasteiger partial charge in [-0.1, -0.05) is 25.1 Å². The zero-order valence-electron chi connectivity index (χ0n) is 15.8. The summed E-state index contributed by atoms with van der Waals surface area (Å²) < 4.78 is 7.73. The van der Waals surface area contributed by atoms with Crippen molar-refractivity contribution in [2.45, 2.75) is 19.8 Å². The molecule has 4 rings (SSSR count). The Balaban J connectivity index is 1.60. The lowest BCUT2D eigenvalue weighted by Gasteiger charge is -2.43. The molecule has 2 saturated heterocycles. The van der Waals surface area contributed by atoms with Crippen molar-refractivity contribution in [2.75, 3.05) is 45.9 Å². The first kappa shape index (κ1) is 17.5. The summed E-state index contributed by atoms with van der Waals surface area (Å²) in [7, 11) is 1.90. The fraction of sp³-hybridized carbons (Fsp3) is 0.600. The fourth-order valence-corrected chi connectivity index (χ4v) is 4.50. The number of rotatable bonds is 2. The van der Waals surface area contributed by atoms with Crippen molar-refractivity contribution < 1.29 is 9.53 Å². The first-order valence-corrected chi connectivity index (χ1v) is 9.63. The smallest absolute Gasteiger partial charge is 0.275 e. The number of hydrogen-bond donors (Lipinski definition) is 0. The number of benzene rings is 1. The monoisotopic (exact) mass is 356 g/mol. The Labute approximate surface area is 154 Å². The number of hydrogen-bond acceptors (Lipinski definition) is 4. The third kappa shape index (κ3) is 3.12. The number of carbonyl (C=O) groups excluding carboxylic acids is 1. The van der Waals surface area contributed by atoms with Gasteiger partial charge in [0.2, 0.25) is 0 Å². The number of piperidine rings is 1. The number of likely N-dealkylation sites (tertiary alicyclic amines) is 1. The lowest BCUT2D eigenvalue weighted by atomic mass is 9.80. The molecule has 1 amide bonds. The van der Waals surface area contributed by atoms with E-state index in [1.807, 2.05) is 36.2 Å². The largest absolute Gasteiger partial charge is 0.379 e. The molecule has 26 heavy (non-hydrogen) atoms.